The number of hydrogen-bond acceptors (Lipinski definition) is 5. The largest absolute Gasteiger partial charge is 0.483 e. The van der Waals surface area contributed by atoms with Crippen LogP contribution in [0.3, 0.4) is 0 Å². The Morgan fingerprint density at radius 1 is 1.39 bits per heavy atom. The van der Waals surface area contributed by atoms with Gasteiger partial charge in [0.2, 0.25) is 0 Å². The second-order valence-electron chi connectivity index (χ2n) is 7.93. The average Bonchev–Trinajstić information content (AvgIpc) is 3.28. The van der Waals surface area contributed by atoms with E-state index in [-0.39, 0.29) is 22.6 Å². The normalized spacial score (nSPS) is 19.9. The molecule has 0 saturated carbocycles. The van der Waals surface area contributed by atoms with E-state index in [4.69, 9.17) is 15.6 Å². The maximum absolute atomic E-state index is 13.2. The van der Waals surface area contributed by atoms with Crippen LogP contribution in [0, 0.1) is 17.5 Å². The maximum Gasteiger partial charge on any atom is 0.290 e. The molecule has 0 spiro atoms. The average molecular weight is 408 g/mol. The summed E-state index contributed by atoms with van der Waals surface area (Å²) < 4.78 is 13.2. The highest BCUT2D eigenvalue weighted by atomic mass is 32.1. The first-order valence-corrected chi connectivity index (χ1v) is 10.3. The molecule has 5 nitrogen and oxygen atoms in total. The van der Waals surface area contributed by atoms with Crippen molar-refractivity contribution in [1.82, 2.24) is 9.88 Å². The molecule has 0 aliphatic carbocycles. The zero-order valence-electron chi connectivity index (χ0n) is 16.8. The quantitative estimate of drug-likeness (QED) is 0.712. The number of carboxylic acid groups (broad SMARTS) is 1. The molecule has 2 aromatic heterocycles. The number of aromatic nitrogens is 1. The van der Waals surface area contributed by atoms with Crippen molar-refractivity contribution >= 4 is 17.8 Å². The molecule has 28 heavy (non-hydrogen) atoms. The van der Waals surface area contributed by atoms with Crippen LogP contribution in [0.15, 0.2) is 30.5 Å². The fourth-order valence-corrected chi connectivity index (χ4v) is 4.50. The summed E-state index contributed by atoms with van der Waals surface area (Å²) >= 11 is 1.26. The fourth-order valence-electron chi connectivity index (χ4n) is 3.77. The van der Waals surface area contributed by atoms with Gasteiger partial charge in [-0.05, 0) is 82.3 Å². The van der Waals surface area contributed by atoms with Crippen molar-refractivity contribution < 1.29 is 14.3 Å². The van der Waals surface area contributed by atoms with Gasteiger partial charge in [-0.15, -0.1) is 11.3 Å². The molecule has 1 fully saturated rings. The topological polar surface area (TPSA) is 79.5 Å². The van der Waals surface area contributed by atoms with Crippen LogP contribution in [0.25, 0.3) is 0 Å². The Bertz CT molecular complexity index is 763. The third-order valence-electron chi connectivity index (χ3n) is 5.81. The monoisotopic (exact) mass is 407 g/mol. The van der Waals surface area contributed by atoms with Gasteiger partial charge in [0, 0.05) is 28.9 Å². The number of nitrogens with two attached hydrogens (primary N) is 1. The predicted molar refractivity (Wildman–Crippen MR) is 111 cm³/mol. The standard InChI is InChI=1S/C20H28FN3S.CH2O2/c1-15-4-5-16(12-23-15)19(2,3)24-11-10-20(13-22,14-24)9-8-17-6-7-18(21)25-17;2-1-3/h4-7,12H,8-11,13-14,22H2,1-3H3;1H,(H,2,3). The van der Waals surface area contributed by atoms with Crippen LogP contribution in [0.4, 0.5) is 4.39 Å². The van der Waals surface area contributed by atoms with Crippen LogP contribution < -0.4 is 5.73 Å². The molecule has 3 N–H and O–H groups in total. The lowest BCUT2D eigenvalue weighted by Gasteiger charge is -2.38. The van der Waals surface area contributed by atoms with Crippen LogP contribution in [-0.4, -0.2) is 41.1 Å². The lowest BCUT2D eigenvalue weighted by molar-refractivity contribution is -0.122. The summed E-state index contributed by atoms with van der Waals surface area (Å²) in [6.07, 6.45) is 5.01. The van der Waals surface area contributed by atoms with E-state index >= 15 is 0 Å². The molecule has 0 bridgehead atoms. The lowest BCUT2D eigenvalue weighted by atomic mass is 9.82. The SMILES string of the molecule is Cc1ccc(C(C)(C)N2CCC(CN)(CCc3ccc(F)s3)C2)cn1.O=CO. The van der Waals surface area contributed by atoms with Crippen molar-refractivity contribution in [2.45, 2.75) is 45.6 Å². The zero-order chi connectivity index (χ0) is 20.8. The van der Waals surface area contributed by atoms with Crippen LogP contribution >= 0.6 is 11.3 Å². The number of nitrogens with zero attached hydrogens (tertiary/aromatic N) is 2. The molecule has 3 rings (SSSR count). The summed E-state index contributed by atoms with van der Waals surface area (Å²) in [4.78, 5) is 16.5. The highest BCUT2D eigenvalue weighted by Gasteiger charge is 2.42. The predicted octanol–water partition coefficient (Wildman–Crippen LogP) is 3.81. The molecule has 1 unspecified atom stereocenters. The number of likely N-dealkylation sites (tertiary alicyclic amines) is 1. The van der Waals surface area contributed by atoms with E-state index in [9.17, 15) is 4.39 Å². The first-order valence-electron chi connectivity index (χ1n) is 9.47. The first kappa shape index (κ1) is 22.5. The third kappa shape index (κ3) is 5.37. The van der Waals surface area contributed by atoms with Gasteiger partial charge < -0.3 is 10.8 Å². The van der Waals surface area contributed by atoms with E-state index in [1.54, 1.807) is 6.07 Å². The fraction of sp³-hybridized carbons (Fsp3) is 0.524. The van der Waals surface area contributed by atoms with Crippen molar-refractivity contribution in [3.8, 4) is 0 Å². The van der Waals surface area contributed by atoms with Crippen LogP contribution in [0.1, 0.15) is 42.8 Å². The molecular formula is C21H30FN3O2S. The Balaban J connectivity index is 0.000000878. The van der Waals surface area contributed by atoms with Crippen molar-refractivity contribution in [1.29, 1.82) is 0 Å². The number of aryl methyl sites for hydroxylation is 2. The summed E-state index contributed by atoms with van der Waals surface area (Å²) in [5.74, 6) is 0. The van der Waals surface area contributed by atoms with Gasteiger partial charge in [0.25, 0.3) is 6.47 Å². The van der Waals surface area contributed by atoms with E-state index in [2.05, 4.69) is 35.9 Å². The van der Waals surface area contributed by atoms with Gasteiger partial charge in [-0.1, -0.05) is 6.07 Å². The molecule has 7 heteroatoms. The molecule has 1 saturated heterocycles. The second kappa shape index (κ2) is 9.58. The Labute approximate surface area is 170 Å². The summed E-state index contributed by atoms with van der Waals surface area (Å²) in [5, 5.41) is 6.79. The summed E-state index contributed by atoms with van der Waals surface area (Å²) in [6, 6.07) is 7.72. The molecule has 0 aromatic carbocycles. The maximum atomic E-state index is 13.2. The van der Waals surface area contributed by atoms with Gasteiger partial charge in [-0.25, -0.2) is 0 Å². The van der Waals surface area contributed by atoms with Gasteiger partial charge >= 0.3 is 0 Å². The molecule has 1 aliphatic heterocycles. The van der Waals surface area contributed by atoms with E-state index in [0.29, 0.717) is 6.54 Å². The number of rotatable bonds is 6. The van der Waals surface area contributed by atoms with Crippen LogP contribution in [0.2, 0.25) is 0 Å². The Kier molecular flexibility index (Phi) is 7.69. The number of halogens is 1. The van der Waals surface area contributed by atoms with E-state index in [1.165, 1.54) is 16.9 Å². The Morgan fingerprint density at radius 3 is 2.64 bits per heavy atom. The molecule has 3 heterocycles. The minimum absolute atomic E-state index is 0.0628. The summed E-state index contributed by atoms with van der Waals surface area (Å²) in [6.45, 7) is 9.00. The number of pyridine rings is 1. The summed E-state index contributed by atoms with van der Waals surface area (Å²) in [5.41, 5.74) is 8.53. The van der Waals surface area contributed by atoms with Crippen molar-refractivity contribution in [2.24, 2.45) is 11.1 Å². The first-order chi connectivity index (χ1) is 13.3. The Morgan fingerprint density at radius 2 is 2.11 bits per heavy atom. The van der Waals surface area contributed by atoms with Gasteiger partial charge in [0.1, 0.15) is 0 Å². The smallest absolute Gasteiger partial charge is 0.290 e. The van der Waals surface area contributed by atoms with E-state index in [0.717, 1.165) is 42.9 Å². The van der Waals surface area contributed by atoms with Gasteiger partial charge in [0.05, 0.1) is 0 Å². The van der Waals surface area contributed by atoms with Crippen molar-refractivity contribution in [3.63, 3.8) is 0 Å². The highest BCUT2D eigenvalue weighted by molar-refractivity contribution is 7.10. The lowest BCUT2D eigenvalue weighted by Crippen LogP contribution is -2.43. The van der Waals surface area contributed by atoms with E-state index < -0.39 is 0 Å². The third-order valence-corrected chi connectivity index (χ3v) is 6.74. The molecule has 1 aliphatic rings. The minimum Gasteiger partial charge on any atom is -0.483 e. The second-order valence-corrected chi connectivity index (χ2v) is 9.05. The van der Waals surface area contributed by atoms with E-state index in [1.807, 2.05) is 19.2 Å². The van der Waals surface area contributed by atoms with Crippen LogP contribution in [-0.2, 0) is 16.8 Å². The van der Waals surface area contributed by atoms with Crippen molar-refractivity contribution in [3.05, 3.63) is 51.7 Å². The number of hydrogen-bond donors (Lipinski definition) is 2. The van der Waals surface area contributed by atoms with Crippen molar-refractivity contribution in [2.75, 3.05) is 19.6 Å². The van der Waals surface area contributed by atoms with Gasteiger partial charge in [-0.2, -0.15) is 4.39 Å². The van der Waals surface area contributed by atoms with Crippen LogP contribution in [0.5, 0.6) is 0 Å². The zero-order valence-corrected chi connectivity index (χ0v) is 17.6. The molecule has 0 radical (unpaired) electrons. The molecular weight excluding hydrogens is 377 g/mol. The Hall–Kier alpha value is -1.83. The molecule has 2 aromatic rings. The highest BCUT2D eigenvalue weighted by Crippen LogP contribution is 2.41. The molecule has 154 valence electrons. The number of carbonyl (C=O) groups is 1. The molecule has 1 atom stereocenters. The summed E-state index contributed by atoms with van der Waals surface area (Å²) in [7, 11) is 0. The van der Waals surface area contributed by atoms with Gasteiger partial charge in [-0.3, -0.25) is 14.7 Å². The number of thiophene rings is 1. The molecule has 0 amide bonds. The van der Waals surface area contributed by atoms with Gasteiger partial charge in [0.15, 0.2) is 5.13 Å². The minimum atomic E-state index is -0.250.